The van der Waals surface area contributed by atoms with Gasteiger partial charge in [-0.1, -0.05) is 6.07 Å². The molecule has 17 heavy (non-hydrogen) atoms. The van der Waals surface area contributed by atoms with Gasteiger partial charge in [-0.25, -0.2) is 9.78 Å². The highest BCUT2D eigenvalue weighted by Crippen LogP contribution is 2.12. The lowest BCUT2D eigenvalue weighted by Crippen LogP contribution is -2.20. The molecule has 6 heteroatoms. The number of pyridine rings is 1. The Labute approximate surface area is 96.9 Å². The molecule has 0 saturated carbocycles. The molecule has 2 N–H and O–H groups in total. The third kappa shape index (κ3) is 2.10. The maximum Gasteiger partial charge on any atom is 0.356 e. The van der Waals surface area contributed by atoms with E-state index in [1.807, 2.05) is 0 Å². The molecular weight excluding hydrogens is 222 g/mol. The summed E-state index contributed by atoms with van der Waals surface area (Å²) in [7, 11) is 0. The first-order valence-electron chi connectivity index (χ1n) is 5.03. The molecule has 0 aliphatic rings. The third-order valence-corrected chi connectivity index (χ3v) is 2.32. The quantitative estimate of drug-likeness (QED) is 0.816. The Morgan fingerprint density at radius 2 is 2.24 bits per heavy atom. The van der Waals surface area contributed by atoms with Crippen LogP contribution in [0.25, 0.3) is 5.52 Å². The van der Waals surface area contributed by atoms with E-state index >= 15 is 0 Å². The maximum absolute atomic E-state index is 11.0. The van der Waals surface area contributed by atoms with Crippen LogP contribution in [0.4, 0.5) is 0 Å². The molecule has 0 unspecified atom stereocenters. The predicted molar refractivity (Wildman–Crippen MR) is 59.7 cm³/mol. The van der Waals surface area contributed by atoms with E-state index in [9.17, 15) is 9.59 Å². The van der Waals surface area contributed by atoms with Gasteiger partial charge in [0.15, 0.2) is 5.69 Å². The van der Waals surface area contributed by atoms with Gasteiger partial charge in [0.2, 0.25) is 5.91 Å². The van der Waals surface area contributed by atoms with Gasteiger partial charge in [0.25, 0.3) is 0 Å². The van der Waals surface area contributed by atoms with E-state index in [2.05, 4.69) is 10.3 Å². The first-order chi connectivity index (χ1) is 8.09. The Hall–Kier alpha value is -2.37. The summed E-state index contributed by atoms with van der Waals surface area (Å²) in [5.74, 6) is -0.773. The monoisotopic (exact) mass is 233 g/mol. The number of aromatic nitrogens is 2. The van der Waals surface area contributed by atoms with Crippen molar-refractivity contribution in [1.29, 1.82) is 0 Å². The van der Waals surface area contributed by atoms with Crippen LogP contribution in [0.2, 0.25) is 0 Å². The van der Waals surface area contributed by atoms with E-state index in [4.69, 9.17) is 5.11 Å². The standard InChI is InChI=1S/C11H11N3O3/c1-7(15)12-6-9-13-10(11(16)17)8-4-2-3-5-14(8)9/h2-5H,6H2,1H3,(H,12,15)(H,16,17). The second kappa shape index (κ2) is 4.25. The number of carbonyl (C=O) groups excluding carboxylic acids is 1. The number of rotatable bonds is 3. The highest BCUT2D eigenvalue weighted by molar-refractivity contribution is 5.93. The Balaban J connectivity index is 2.49. The fraction of sp³-hybridized carbons (Fsp3) is 0.182. The number of fused-ring (bicyclic) bond motifs is 1. The summed E-state index contributed by atoms with van der Waals surface area (Å²) < 4.78 is 1.65. The minimum atomic E-state index is -1.08. The summed E-state index contributed by atoms with van der Waals surface area (Å²) in [6.45, 7) is 1.60. The van der Waals surface area contributed by atoms with Crippen molar-refractivity contribution < 1.29 is 14.7 Å². The highest BCUT2D eigenvalue weighted by Gasteiger charge is 2.15. The number of hydrogen-bond donors (Lipinski definition) is 2. The van der Waals surface area contributed by atoms with Gasteiger partial charge in [0.1, 0.15) is 5.82 Å². The Morgan fingerprint density at radius 1 is 1.47 bits per heavy atom. The van der Waals surface area contributed by atoms with Crippen LogP contribution < -0.4 is 5.32 Å². The number of carboxylic acids is 1. The van der Waals surface area contributed by atoms with E-state index < -0.39 is 5.97 Å². The second-order valence-electron chi connectivity index (χ2n) is 3.55. The third-order valence-electron chi connectivity index (χ3n) is 2.32. The van der Waals surface area contributed by atoms with Gasteiger partial charge >= 0.3 is 5.97 Å². The van der Waals surface area contributed by atoms with Crippen molar-refractivity contribution in [3.05, 3.63) is 35.9 Å². The summed E-state index contributed by atoms with van der Waals surface area (Å²) in [6, 6.07) is 5.19. The number of carbonyl (C=O) groups is 2. The summed E-state index contributed by atoms with van der Waals surface area (Å²) in [5.41, 5.74) is 0.506. The van der Waals surface area contributed by atoms with Crippen LogP contribution in [0.5, 0.6) is 0 Å². The largest absolute Gasteiger partial charge is 0.476 e. The van der Waals surface area contributed by atoms with Crippen molar-refractivity contribution >= 4 is 17.4 Å². The van der Waals surface area contributed by atoms with E-state index in [0.29, 0.717) is 11.3 Å². The average Bonchev–Trinajstić information content (AvgIpc) is 2.65. The molecule has 0 bridgehead atoms. The lowest BCUT2D eigenvalue weighted by Gasteiger charge is -2.00. The Bertz CT molecular complexity index is 589. The van der Waals surface area contributed by atoms with Crippen molar-refractivity contribution in [2.24, 2.45) is 0 Å². The molecule has 0 fully saturated rings. The van der Waals surface area contributed by atoms with Gasteiger partial charge in [0, 0.05) is 13.1 Å². The predicted octanol–water partition coefficient (Wildman–Crippen LogP) is 0.669. The van der Waals surface area contributed by atoms with Crippen LogP contribution in [0.1, 0.15) is 23.2 Å². The lowest BCUT2D eigenvalue weighted by molar-refractivity contribution is -0.119. The van der Waals surface area contributed by atoms with Crippen molar-refractivity contribution in [1.82, 2.24) is 14.7 Å². The molecule has 2 aromatic rings. The number of imidazole rings is 1. The van der Waals surface area contributed by atoms with E-state index in [-0.39, 0.29) is 18.1 Å². The van der Waals surface area contributed by atoms with Gasteiger partial charge in [-0.05, 0) is 12.1 Å². The second-order valence-corrected chi connectivity index (χ2v) is 3.55. The molecule has 2 heterocycles. The van der Waals surface area contributed by atoms with E-state index in [1.165, 1.54) is 6.92 Å². The number of amides is 1. The average molecular weight is 233 g/mol. The lowest BCUT2D eigenvalue weighted by atomic mass is 10.3. The minimum absolute atomic E-state index is 0.00838. The zero-order valence-corrected chi connectivity index (χ0v) is 9.17. The van der Waals surface area contributed by atoms with Crippen molar-refractivity contribution in [3.8, 4) is 0 Å². The van der Waals surface area contributed by atoms with Crippen LogP contribution >= 0.6 is 0 Å². The minimum Gasteiger partial charge on any atom is -0.476 e. The molecule has 0 atom stereocenters. The molecular formula is C11H11N3O3. The van der Waals surface area contributed by atoms with Crippen LogP contribution in [0.15, 0.2) is 24.4 Å². The van der Waals surface area contributed by atoms with Gasteiger partial charge in [-0.15, -0.1) is 0 Å². The van der Waals surface area contributed by atoms with Crippen LogP contribution in [0.3, 0.4) is 0 Å². The molecule has 0 aliphatic carbocycles. The van der Waals surface area contributed by atoms with Crippen LogP contribution in [0, 0.1) is 0 Å². The number of nitrogens with one attached hydrogen (secondary N) is 1. The van der Waals surface area contributed by atoms with Gasteiger partial charge < -0.3 is 14.8 Å². The van der Waals surface area contributed by atoms with Gasteiger partial charge in [0.05, 0.1) is 12.1 Å². The van der Waals surface area contributed by atoms with Crippen molar-refractivity contribution in [3.63, 3.8) is 0 Å². The first-order valence-corrected chi connectivity index (χ1v) is 5.03. The molecule has 2 aromatic heterocycles. The van der Waals surface area contributed by atoms with Gasteiger partial charge in [-0.2, -0.15) is 0 Å². The molecule has 0 spiro atoms. The van der Waals surface area contributed by atoms with E-state index in [1.54, 1.807) is 28.8 Å². The van der Waals surface area contributed by atoms with Crippen molar-refractivity contribution in [2.75, 3.05) is 0 Å². The van der Waals surface area contributed by atoms with E-state index in [0.717, 1.165) is 0 Å². The molecule has 0 aromatic carbocycles. The van der Waals surface area contributed by atoms with Gasteiger partial charge in [-0.3, -0.25) is 4.79 Å². The zero-order chi connectivity index (χ0) is 12.4. The zero-order valence-electron chi connectivity index (χ0n) is 9.17. The first kappa shape index (κ1) is 11.1. The van der Waals surface area contributed by atoms with Crippen LogP contribution in [-0.4, -0.2) is 26.4 Å². The number of carboxylic acid groups (broad SMARTS) is 1. The molecule has 0 radical (unpaired) electrons. The summed E-state index contributed by atoms with van der Waals surface area (Å²) in [6.07, 6.45) is 1.71. The normalized spacial score (nSPS) is 10.4. The maximum atomic E-state index is 11.0. The summed E-state index contributed by atoms with van der Waals surface area (Å²) >= 11 is 0. The summed E-state index contributed by atoms with van der Waals surface area (Å²) in [4.78, 5) is 25.8. The Morgan fingerprint density at radius 3 is 2.88 bits per heavy atom. The molecule has 6 nitrogen and oxygen atoms in total. The molecule has 88 valence electrons. The van der Waals surface area contributed by atoms with Crippen LogP contribution in [-0.2, 0) is 11.3 Å². The fourth-order valence-corrected chi connectivity index (χ4v) is 1.59. The number of nitrogens with zero attached hydrogens (tertiary/aromatic N) is 2. The van der Waals surface area contributed by atoms with Crippen molar-refractivity contribution in [2.45, 2.75) is 13.5 Å². The topological polar surface area (TPSA) is 83.7 Å². The summed E-state index contributed by atoms with van der Waals surface area (Å²) in [5, 5.41) is 11.6. The Kier molecular flexibility index (Phi) is 2.78. The number of hydrogen-bond acceptors (Lipinski definition) is 3. The SMILES string of the molecule is CC(=O)NCc1nc(C(=O)O)c2ccccn12. The molecule has 1 amide bonds. The smallest absolute Gasteiger partial charge is 0.356 e. The number of aromatic carboxylic acids is 1. The molecule has 2 rings (SSSR count). The molecule has 0 saturated heterocycles. The highest BCUT2D eigenvalue weighted by atomic mass is 16.4. The fourth-order valence-electron chi connectivity index (χ4n) is 1.59. The molecule has 0 aliphatic heterocycles.